The normalized spacial score (nSPS) is 22.7. The lowest BCUT2D eigenvalue weighted by Gasteiger charge is -2.40. The Morgan fingerprint density at radius 2 is 2.11 bits per heavy atom. The zero-order valence-corrected chi connectivity index (χ0v) is 10.6. The van der Waals surface area contributed by atoms with E-state index in [4.69, 9.17) is 9.84 Å². The van der Waals surface area contributed by atoms with Crippen molar-refractivity contribution in [1.29, 1.82) is 0 Å². The second-order valence-electron chi connectivity index (χ2n) is 5.22. The van der Waals surface area contributed by atoms with E-state index in [9.17, 15) is 9.59 Å². The quantitative estimate of drug-likeness (QED) is 0.653. The molecular weight excluding hydrogens is 236 g/mol. The molecule has 102 valence electrons. The first-order chi connectivity index (χ1) is 8.56. The molecule has 2 rings (SSSR count). The average Bonchev–Trinajstić information content (AvgIpc) is 3.08. The Bertz CT molecular complexity index is 331. The number of hydrogen-bond donors (Lipinski definition) is 3. The smallest absolute Gasteiger partial charge is 0.326 e. The van der Waals surface area contributed by atoms with Gasteiger partial charge in [0.25, 0.3) is 0 Å². The minimum atomic E-state index is -0.960. The van der Waals surface area contributed by atoms with Gasteiger partial charge in [0.15, 0.2) is 0 Å². The number of hydrogen-bond acceptors (Lipinski definition) is 3. The van der Waals surface area contributed by atoms with Crippen molar-refractivity contribution in [2.45, 2.75) is 43.7 Å². The van der Waals surface area contributed by atoms with Gasteiger partial charge in [-0.3, -0.25) is 0 Å². The largest absolute Gasteiger partial charge is 0.480 e. The highest BCUT2D eigenvalue weighted by molar-refractivity contribution is 5.83. The number of carboxylic acids is 1. The Morgan fingerprint density at radius 3 is 2.50 bits per heavy atom. The van der Waals surface area contributed by atoms with Crippen molar-refractivity contribution in [3.8, 4) is 0 Å². The highest BCUT2D eigenvalue weighted by atomic mass is 16.5. The summed E-state index contributed by atoms with van der Waals surface area (Å²) in [5, 5.41) is 14.2. The van der Waals surface area contributed by atoms with Crippen LogP contribution < -0.4 is 10.6 Å². The molecule has 0 radical (unpaired) electrons. The molecule has 3 N–H and O–H groups in total. The number of carbonyl (C=O) groups is 2. The standard InChI is InChI=1S/C12H20N2O4/c1-18-12(5-2-6-12)7-13-11(17)14-9(10(15)16)8-3-4-8/h8-9H,2-7H2,1H3,(H,15,16)(H2,13,14,17). The molecule has 1 unspecified atom stereocenters. The van der Waals surface area contributed by atoms with Crippen molar-refractivity contribution in [3.05, 3.63) is 0 Å². The van der Waals surface area contributed by atoms with Crippen molar-refractivity contribution in [2.24, 2.45) is 5.92 Å². The zero-order valence-electron chi connectivity index (χ0n) is 10.6. The van der Waals surface area contributed by atoms with Gasteiger partial charge in [-0.25, -0.2) is 9.59 Å². The first kappa shape index (κ1) is 13.1. The third-order valence-corrected chi connectivity index (χ3v) is 3.91. The Balaban J connectivity index is 1.75. The van der Waals surface area contributed by atoms with Gasteiger partial charge in [-0.1, -0.05) is 0 Å². The molecule has 0 heterocycles. The topological polar surface area (TPSA) is 87.7 Å². The Labute approximate surface area is 106 Å². The van der Waals surface area contributed by atoms with E-state index >= 15 is 0 Å². The molecule has 0 aromatic rings. The summed E-state index contributed by atoms with van der Waals surface area (Å²) in [6, 6.07) is -1.18. The SMILES string of the molecule is COC1(CNC(=O)NC(C(=O)O)C2CC2)CCC1. The summed E-state index contributed by atoms with van der Waals surface area (Å²) >= 11 is 0. The second kappa shape index (κ2) is 5.14. The van der Waals surface area contributed by atoms with E-state index in [0.29, 0.717) is 6.54 Å². The van der Waals surface area contributed by atoms with Crippen molar-refractivity contribution < 1.29 is 19.4 Å². The van der Waals surface area contributed by atoms with Crippen molar-refractivity contribution >= 4 is 12.0 Å². The van der Waals surface area contributed by atoms with E-state index in [-0.39, 0.29) is 11.5 Å². The van der Waals surface area contributed by atoms with Crippen molar-refractivity contribution in [2.75, 3.05) is 13.7 Å². The molecule has 1 atom stereocenters. The van der Waals surface area contributed by atoms with Crippen LogP contribution in [0.5, 0.6) is 0 Å². The summed E-state index contributed by atoms with van der Waals surface area (Å²) in [6.45, 7) is 0.437. The molecule has 0 aromatic carbocycles. The van der Waals surface area contributed by atoms with E-state index in [0.717, 1.165) is 32.1 Å². The minimum Gasteiger partial charge on any atom is -0.480 e. The van der Waals surface area contributed by atoms with Crippen LogP contribution in [0.1, 0.15) is 32.1 Å². The zero-order chi connectivity index (χ0) is 13.2. The van der Waals surface area contributed by atoms with E-state index in [1.165, 1.54) is 0 Å². The molecule has 6 nitrogen and oxygen atoms in total. The Kier molecular flexibility index (Phi) is 3.75. The van der Waals surface area contributed by atoms with Crippen LogP contribution in [-0.4, -0.2) is 42.4 Å². The summed E-state index contributed by atoms with van der Waals surface area (Å²) in [5.41, 5.74) is -0.240. The fourth-order valence-corrected chi connectivity index (χ4v) is 2.27. The maximum absolute atomic E-state index is 11.7. The van der Waals surface area contributed by atoms with Gasteiger partial charge in [0.2, 0.25) is 0 Å². The summed E-state index contributed by atoms with van der Waals surface area (Å²) in [4.78, 5) is 22.6. The van der Waals surface area contributed by atoms with Crippen LogP contribution in [0.15, 0.2) is 0 Å². The van der Waals surface area contributed by atoms with Gasteiger partial charge in [0.05, 0.1) is 5.60 Å². The third kappa shape index (κ3) is 2.93. The van der Waals surface area contributed by atoms with Gasteiger partial charge >= 0.3 is 12.0 Å². The molecule has 0 aliphatic heterocycles. The number of nitrogens with one attached hydrogen (secondary N) is 2. The van der Waals surface area contributed by atoms with Crippen LogP contribution in [0.25, 0.3) is 0 Å². The molecule has 2 amide bonds. The number of urea groups is 1. The summed E-state index contributed by atoms with van der Waals surface area (Å²) in [5.74, 6) is -0.869. The maximum Gasteiger partial charge on any atom is 0.326 e. The van der Waals surface area contributed by atoms with Crippen molar-refractivity contribution in [3.63, 3.8) is 0 Å². The number of ether oxygens (including phenoxy) is 1. The van der Waals surface area contributed by atoms with Crippen LogP contribution in [0, 0.1) is 5.92 Å². The lowest BCUT2D eigenvalue weighted by Crippen LogP contribution is -2.54. The Morgan fingerprint density at radius 1 is 1.44 bits per heavy atom. The lowest BCUT2D eigenvalue weighted by molar-refractivity contribution is -0.139. The van der Waals surface area contributed by atoms with E-state index in [2.05, 4.69) is 10.6 Å². The number of aliphatic carboxylic acids is 1. The highest BCUT2D eigenvalue weighted by Crippen LogP contribution is 2.34. The predicted octanol–water partition coefficient (Wildman–Crippen LogP) is 0.718. The van der Waals surface area contributed by atoms with Crippen LogP contribution >= 0.6 is 0 Å². The molecule has 0 aromatic heterocycles. The molecular formula is C12H20N2O4. The molecule has 2 aliphatic rings. The maximum atomic E-state index is 11.7. The Hall–Kier alpha value is -1.30. The fourth-order valence-electron chi connectivity index (χ4n) is 2.27. The fraction of sp³-hybridized carbons (Fsp3) is 0.833. The molecule has 0 spiro atoms. The molecule has 2 fully saturated rings. The first-order valence-electron chi connectivity index (χ1n) is 6.39. The predicted molar refractivity (Wildman–Crippen MR) is 64.3 cm³/mol. The molecule has 2 saturated carbocycles. The molecule has 0 saturated heterocycles. The number of rotatable bonds is 6. The second-order valence-corrected chi connectivity index (χ2v) is 5.22. The monoisotopic (exact) mass is 256 g/mol. The average molecular weight is 256 g/mol. The van der Waals surface area contributed by atoms with Crippen LogP contribution in [0.2, 0.25) is 0 Å². The first-order valence-corrected chi connectivity index (χ1v) is 6.39. The van der Waals surface area contributed by atoms with Crippen LogP contribution in [-0.2, 0) is 9.53 Å². The lowest BCUT2D eigenvalue weighted by atomic mass is 9.80. The summed E-state index contributed by atoms with van der Waals surface area (Å²) in [7, 11) is 1.64. The minimum absolute atomic E-state index is 0.0911. The van der Waals surface area contributed by atoms with E-state index in [1.807, 2.05) is 0 Å². The highest BCUT2D eigenvalue weighted by Gasteiger charge is 2.39. The number of methoxy groups -OCH3 is 1. The number of carboxylic acid groups (broad SMARTS) is 1. The summed E-state index contributed by atoms with van der Waals surface area (Å²) < 4.78 is 5.38. The molecule has 18 heavy (non-hydrogen) atoms. The molecule has 0 bridgehead atoms. The van der Waals surface area contributed by atoms with Crippen LogP contribution in [0.3, 0.4) is 0 Å². The van der Waals surface area contributed by atoms with Gasteiger partial charge in [-0.15, -0.1) is 0 Å². The molecule has 6 heteroatoms. The van der Waals surface area contributed by atoms with Gasteiger partial charge in [0.1, 0.15) is 6.04 Å². The molecule has 2 aliphatic carbocycles. The van der Waals surface area contributed by atoms with Gasteiger partial charge in [-0.2, -0.15) is 0 Å². The van der Waals surface area contributed by atoms with Gasteiger partial charge in [0, 0.05) is 13.7 Å². The van der Waals surface area contributed by atoms with Crippen molar-refractivity contribution in [1.82, 2.24) is 10.6 Å². The van der Waals surface area contributed by atoms with Gasteiger partial charge < -0.3 is 20.5 Å². The summed E-state index contributed by atoms with van der Waals surface area (Å²) in [6.07, 6.45) is 4.74. The van der Waals surface area contributed by atoms with E-state index < -0.39 is 18.0 Å². The van der Waals surface area contributed by atoms with Gasteiger partial charge in [-0.05, 0) is 38.0 Å². The number of amides is 2. The number of carbonyl (C=O) groups excluding carboxylic acids is 1. The third-order valence-electron chi connectivity index (χ3n) is 3.91. The van der Waals surface area contributed by atoms with Crippen LogP contribution in [0.4, 0.5) is 4.79 Å². The van der Waals surface area contributed by atoms with E-state index in [1.54, 1.807) is 7.11 Å².